The second-order valence-corrected chi connectivity index (χ2v) is 18.2. The van der Waals surface area contributed by atoms with E-state index in [0.29, 0.717) is 0 Å². The average molecular weight is 730 g/mol. The number of para-hydroxylation sites is 2. The van der Waals surface area contributed by atoms with Crippen molar-refractivity contribution in [2.24, 2.45) is 0 Å². The molecule has 10 rings (SSSR count). The monoisotopic (exact) mass is 729 g/mol. The topological polar surface area (TPSA) is 29.5 Å². The summed E-state index contributed by atoms with van der Waals surface area (Å²) in [4.78, 5) is 2.41. The van der Waals surface area contributed by atoms with Crippen LogP contribution >= 0.6 is 0 Å². The summed E-state index contributed by atoms with van der Waals surface area (Å²) in [6.45, 7) is 18.4. The van der Waals surface area contributed by atoms with Crippen LogP contribution in [0.3, 0.4) is 0 Å². The van der Waals surface area contributed by atoms with Crippen molar-refractivity contribution >= 4 is 60.9 Å². The minimum absolute atomic E-state index is 0.0141. The van der Waals surface area contributed by atoms with Crippen molar-refractivity contribution in [3.8, 4) is 22.3 Å². The zero-order valence-electron chi connectivity index (χ0n) is 33.5. The van der Waals surface area contributed by atoms with E-state index < -0.39 is 0 Å². The van der Waals surface area contributed by atoms with Gasteiger partial charge in [-0.2, -0.15) is 0 Å². The van der Waals surface area contributed by atoms with Crippen LogP contribution in [0.5, 0.6) is 0 Å². The van der Waals surface area contributed by atoms with Gasteiger partial charge in [0.25, 0.3) is 0 Å². The molecular weight excluding hydrogens is 683 g/mol. The summed E-state index contributed by atoms with van der Waals surface area (Å²) in [5.41, 5.74) is 16.6. The van der Waals surface area contributed by atoms with Gasteiger partial charge in [0.1, 0.15) is 16.7 Å². The van der Waals surface area contributed by atoms with E-state index in [1.807, 2.05) is 6.07 Å². The van der Waals surface area contributed by atoms with Gasteiger partial charge >= 0.3 is 0 Å². The van der Waals surface area contributed by atoms with Gasteiger partial charge in [0.2, 0.25) is 0 Å². The molecule has 7 aromatic carbocycles. The number of rotatable bonds is 4. The van der Waals surface area contributed by atoms with Gasteiger partial charge in [0.15, 0.2) is 5.58 Å². The Morgan fingerprint density at radius 2 is 1.16 bits per heavy atom. The summed E-state index contributed by atoms with van der Waals surface area (Å²) in [6.07, 6.45) is 0. The van der Waals surface area contributed by atoms with Crippen molar-refractivity contribution in [3.05, 3.63) is 162 Å². The lowest BCUT2D eigenvalue weighted by Crippen LogP contribution is -2.16. The van der Waals surface area contributed by atoms with Crippen LogP contribution in [0.2, 0.25) is 0 Å². The molecule has 0 fully saturated rings. The van der Waals surface area contributed by atoms with Crippen molar-refractivity contribution in [1.29, 1.82) is 0 Å². The molecule has 3 nitrogen and oxygen atoms in total. The number of fused-ring (bicyclic) bond motifs is 9. The molecule has 0 saturated heterocycles. The molecule has 0 atom stereocenters. The van der Waals surface area contributed by atoms with Gasteiger partial charge in [-0.1, -0.05) is 146 Å². The molecule has 0 N–H and O–H groups in total. The van der Waals surface area contributed by atoms with Gasteiger partial charge < -0.3 is 13.7 Å². The number of furan rings is 2. The number of hydrogen-bond donors (Lipinski definition) is 0. The first-order valence-electron chi connectivity index (χ1n) is 19.8. The van der Waals surface area contributed by atoms with Crippen LogP contribution < -0.4 is 4.90 Å². The predicted molar refractivity (Wildman–Crippen MR) is 236 cm³/mol. The Morgan fingerprint density at radius 1 is 0.482 bits per heavy atom. The highest BCUT2D eigenvalue weighted by Crippen LogP contribution is 2.52. The summed E-state index contributed by atoms with van der Waals surface area (Å²) in [5.74, 6) is 0. The molecule has 1 aliphatic carbocycles. The van der Waals surface area contributed by atoms with Crippen LogP contribution in [-0.4, -0.2) is 0 Å². The Bertz CT molecular complexity index is 3030. The normalized spacial score (nSPS) is 13.9. The molecule has 276 valence electrons. The first-order valence-corrected chi connectivity index (χ1v) is 19.8. The van der Waals surface area contributed by atoms with Crippen molar-refractivity contribution < 1.29 is 8.83 Å². The van der Waals surface area contributed by atoms with E-state index in [-0.39, 0.29) is 16.2 Å². The molecule has 0 saturated carbocycles. The molecule has 2 heterocycles. The number of benzene rings is 7. The summed E-state index contributed by atoms with van der Waals surface area (Å²) in [6, 6.07) is 50.9. The molecule has 56 heavy (non-hydrogen) atoms. The van der Waals surface area contributed by atoms with Gasteiger partial charge in [-0.3, -0.25) is 0 Å². The average Bonchev–Trinajstić information content (AvgIpc) is 3.82. The Morgan fingerprint density at radius 3 is 1.98 bits per heavy atom. The third kappa shape index (κ3) is 5.17. The maximum atomic E-state index is 7.17. The Labute approximate surface area is 329 Å². The van der Waals surface area contributed by atoms with Gasteiger partial charge in [0, 0.05) is 43.9 Å². The van der Waals surface area contributed by atoms with Gasteiger partial charge in [-0.05, 0) is 98.3 Å². The number of hydrogen-bond acceptors (Lipinski definition) is 3. The smallest absolute Gasteiger partial charge is 0.159 e. The lowest BCUT2D eigenvalue weighted by molar-refractivity contribution is 0.559. The molecular formula is C53H47NO2. The Hall–Kier alpha value is -6.06. The zero-order chi connectivity index (χ0) is 38.7. The van der Waals surface area contributed by atoms with Crippen molar-refractivity contribution in [2.45, 2.75) is 71.6 Å². The first kappa shape index (κ1) is 34.4. The fourth-order valence-corrected chi connectivity index (χ4v) is 9.14. The standard InChI is InChI=1S/C53H47NO2/c1-51(2,3)33-29-41-39-21-14-23-45(50(39)56-49(41)44(30-33)52(4,5)6)54(35-26-27-38-37-18-9-11-22-42(37)53(7,8)43(38)31-35)34-17-13-16-32(28-34)36-20-15-25-47-48(36)40-19-10-12-24-46(40)55-47/h9-31H,1-8H3. The molecule has 0 aliphatic heterocycles. The van der Waals surface area contributed by atoms with Crippen molar-refractivity contribution in [2.75, 3.05) is 4.90 Å². The summed E-state index contributed by atoms with van der Waals surface area (Å²) >= 11 is 0. The maximum absolute atomic E-state index is 7.17. The first-order chi connectivity index (χ1) is 26.8. The van der Waals surface area contributed by atoms with Crippen LogP contribution in [0, 0.1) is 0 Å². The van der Waals surface area contributed by atoms with E-state index in [9.17, 15) is 0 Å². The van der Waals surface area contributed by atoms with Crippen LogP contribution in [0.25, 0.3) is 66.1 Å². The third-order valence-corrected chi connectivity index (χ3v) is 12.1. The van der Waals surface area contributed by atoms with Crippen LogP contribution in [-0.2, 0) is 16.2 Å². The maximum Gasteiger partial charge on any atom is 0.159 e. The molecule has 0 radical (unpaired) electrons. The fourth-order valence-electron chi connectivity index (χ4n) is 9.14. The Kier molecular flexibility index (Phi) is 7.36. The van der Waals surface area contributed by atoms with E-state index in [4.69, 9.17) is 8.83 Å². The molecule has 9 aromatic rings. The summed E-state index contributed by atoms with van der Waals surface area (Å²) in [5, 5.41) is 4.54. The third-order valence-electron chi connectivity index (χ3n) is 12.1. The van der Waals surface area contributed by atoms with E-state index in [2.05, 4.69) is 194 Å². The van der Waals surface area contributed by atoms with Crippen molar-refractivity contribution in [1.82, 2.24) is 0 Å². The van der Waals surface area contributed by atoms with Gasteiger partial charge in [0.05, 0.1) is 5.69 Å². The lowest BCUT2D eigenvalue weighted by atomic mass is 9.79. The van der Waals surface area contributed by atoms with Crippen molar-refractivity contribution in [3.63, 3.8) is 0 Å². The van der Waals surface area contributed by atoms with E-state index >= 15 is 0 Å². The second kappa shape index (κ2) is 12.0. The van der Waals surface area contributed by atoms with Crippen LogP contribution in [0.15, 0.2) is 148 Å². The molecule has 2 aromatic heterocycles. The Balaban J connectivity index is 1.24. The molecule has 1 aliphatic rings. The second-order valence-electron chi connectivity index (χ2n) is 18.2. The minimum atomic E-state index is -0.149. The molecule has 0 amide bonds. The quantitative estimate of drug-likeness (QED) is 0.181. The lowest BCUT2D eigenvalue weighted by Gasteiger charge is -2.28. The molecule has 0 unspecified atom stereocenters. The largest absolute Gasteiger partial charge is 0.456 e. The highest BCUT2D eigenvalue weighted by molar-refractivity contribution is 6.13. The summed E-state index contributed by atoms with van der Waals surface area (Å²) in [7, 11) is 0. The predicted octanol–water partition coefficient (Wildman–Crippen LogP) is 15.5. The highest BCUT2D eigenvalue weighted by atomic mass is 16.3. The van der Waals surface area contributed by atoms with Crippen LogP contribution in [0.4, 0.5) is 17.1 Å². The number of nitrogens with zero attached hydrogens (tertiary/aromatic N) is 1. The minimum Gasteiger partial charge on any atom is -0.456 e. The van der Waals surface area contributed by atoms with E-state index in [1.165, 1.54) is 33.4 Å². The molecule has 0 bridgehead atoms. The van der Waals surface area contributed by atoms with E-state index in [0.717, 1.165) is 72.1 Å². The zero-order valence-corrected chi connectivity index (χ0v) is 33.5. The van der Waals surface area contributed by atoms with Gasteiger partial charge in [-0.15, -0.1) is 0 Å². The molecule has 0 spiro atoms. The van der Waals surface area contributed by atoms with Gasteiger partial charge in [-0.25, -0.2) is 0 Å². The van der Waals surface area contributed by atoms with E-state index in [1.54, 1.807) is 0 Å². The fraction of sp³-hybridized carbons (Fsp3) is 0.208. The summed E-state index contributed by atoms with van der Waals surface area (Å²) < 4.78 is 13.5. The van der Waals surface area contributed by atoms with Crippen LogP contribution in [0.1, 0.15) is 77.6 Å². The number of anilines is 3. The SMILES string of the molecule is CC(C)(C)c1cc(C(C)(C)C)c2oc3c(N(c4cccc(-c5cccc6oc7ccccc7c56)c4)c4ccc5c(c4)C(C)(C)c4ccccc4-5)cccc3c2c1. The molecule has 3 heteroatoms. The highest BCUT2D eigenvalue weighted by Gasteiger charge is 2.36.